The van der Waals surface area contributed by atoms with Crippen LogP contribution in [0.2, 0.25) is 38.2 Å². The molecule has 1 spiro atoms. The van der Waals surface area contributed by atoms with Crippen LogP contribution in [0.15, 0.2) is 0 Å². The van der Waals surface area contributed by atoms with Crippen LogP contribution in [0.25, 0.3) is 0 Å². The van der Waals surface area contributed by atoms with Gasteiger partial charge in [-0.2, -0.15) is 0 Å². The molecule has 236 valence electrons. The number of hydrogen-bond acceptors (Lipinski definition) is 0. The van der Waals surface area contributed by atoms with Gasteiger partial charge in [-0.3, -0.25) is 0 Å². The minimum absolute atomic E-state index is 0.372. The van der Waals surface area contributed by atoms with E-state index in [-0.39, 0.29) is 0 Å². The van der Waals surface area contributed by atoms with Gasteiger partial charge >= 0.3 is 250 Å². The Balaban J connectivity index is 0.966. The van der Waals surface area contributed by atoms with Crippen molar-refractivity contribution in [3.63, 3.8) is 0 Å². The monoisotopic (exact) mass is 638 g/mol. The minimum atomic E-state index is -3.56. The fraction of sp³-hybridized carbons (Fsp3) is 1.00. The predicted molar refractivity (Wildman–Crippen MR) is 184 cm³/mol. The van der Waals surface area contributed by atoms with E-state index in [1.807, 2.05) is 0 Å². The van der Waals surface area contributed by atoms with E-state index < -0.39 is 6.65 Å². The Kier molecular flexibility index (Phi) is 3.59. The Bertz CT molecular complexity index is 1250. The van der Waals surface area contributed by atoms with Gasteiger partial charge in [0, 0.05) is 0 Å². The molecule has 10 saturated heterocycles. The number of fused-ring (bicyclic) bond motifs is 10. The first-order chi connectivity index (χ1) is 20.0. The van der Waals surface area contributed by atoms with Crippen molar-refractivity contribution in [3.8, 4) is 0 Å². The molecule has 0 radical (unpaired) electrons. The fourth-order valence-corrected chi connectivity index (χ4v) is 157. The topological polar surface area (TPSA) is 0 Å². The Morgan fingerprint density at radius 1 is 0.366 bits per heavy atom. The summed E-state index contributed by atoms with van der Waals surface area (Å²) in [6.07, 6.45) is 37.9. The van der Waals surface area contributed by atoms with Gasteiger partial charge in [-0.1, -0.05) is 0 Å². The van der Waals surface area contributed by atoms with Crippen LogP contribution < -0.4 is 0 Å². The standard InChI is InChI=1S/C33H63P2.C5H5.Cr/c1-5-9-13-17-21-28-34(29-22-18-14-10-6-2)32-26-25-27-33(32)35(30-23-19-15-11-7-3)31-24-20-16-12-8-4;1-2-4-5-3-1;/h25-27H,5-24,28-31H2,1-4H3;1-5H;. The molecule has 3 heteroatoms. The van der Waals surface area contributed by atoms with Gasteiger partial charge < -0.3 is 0 Å². The van der Waals surface area contributed by atoms with E-state index in [1.165, 1.54) is 59.4 Å². The van der Waals surface area contributed by atoms with Crippen LogP contribution in [0.4, 0.5) is 0 Å². The summed E-state index contributed by atoms with van der Waals surface area (Å²) in [5.41, 5.74) is 0. The Morgan fingerprint density at radius 3 is 0.854 bits per heavy atom. The maximum absolute atomic E-state index is 3.56. The van der Waals surface area contributed by atoms with Gasteiger partial charge in [0.1, 0.15) is 0 Å². The molecule has 4 atom stereocenters. The van der Waals surface area contributed by atoms with E-state index in [0.29, 0.717) is 15.8 Å². The molecular formula is C38H68CrP2. The third kappa shape index (κ3) is 0.892. The van der Waals surface area contributed by atoms with Crippen LogP contribution in [0, 0.1) is 0 Å². The molecule has 0 saturated carbocycles. The van der Waals surface area contributed by atoms with Crippen LogP contribution in [0.1, 0.15) is 156 Å². The van der Waals surface area contributed by atoms with E-state index in [9.17, 15) is 0 Å². The molecule has 0 N–H and O–H groups in total. The Labute approximate surface area is 248 Å². The molecule has 0 amide bonds. The number of unbranched alkanes of at least 4 members (excludes halogenated alkanes) is 16. The zero-order valence-corrected chi connectivity index (χ0v) is 31.0. The summed E-state index contributed by atoms with van der Waals surface area (Å²) < 4.78 is 14.8. The fourth-order valence-electron chi connectivity index (χ4n) is 25.6. The van der Waals surface area contributed by atoms with Gasteiger partial charge in [0.2, 0.25) is 0 Å². The first-order valence-electron chi connectivity index (χ1n) is 20.0. The second kappa shape index (κ2) is 5.35. The van der Waals surface area contributed by atoms with E-state index in [4.69, 9.17) is 0 Å². The van der Waals surface area contributed by atoms with Gasteiger partial charge in [-0.15, -0.1) is 0 Å². The zero-order valence-electron chi connectivity index (χ0n) is 27.9. The third-order valence-electron chi connectivity index (χ3n) is 23.9. The summed E-state index contributed by atoms with van der Waals surface area (Å²) in [7, 11) is 0.744. The van der Waals surface area contributed by atoms with Crippen LogP contribution in [0.5, 0.6) is 0 Å². The van der Waals surface area contributed by atoms with E-state index in [2.05, 4.69) is 27.7 Å². The van der Waals surface area contributed by atoms with Crippen molar-refractivity contribution in [2.24, 2.45) is 0 Å². The van der Waals surface area contributed by atoms with Gasteiger partial charge in [-0.25, -0.2) is 0 Å². The molecule has 10 aliphatic heterocycles. The molecule has 0 aromatic carbocycles. The summed E-state index contributed by atoms with van der Waals surface area (Å²) >= 11 is 0. The Morgan fingerprint density at radius 2 is 0.634 bits per heavy atom. The van der Waals surface area contributed by atoms with Gasteiger partial charge in [0.25, 0.3) is 0 Å². The molecule has 41 heavy (non-hydrogen) atoms. The molecule has 0 aliphatic carbocycles. The van der Waals surface area contributed by atoms with Crippen molar-refractivity contribution >= 4 is 15.8 Å². The third-order valence-corrected chi connectivity index (χ3v) is 90.1. The van der Waals surface area contributed by atoms with Crippen molar-refractivity contribution in [1.82, 2.24) is 0 Å². The Hall–Kier alpha value is 1.39. The maximum atomic E-state index is 2.41. The molecular weight excluding hydrogens is 570 g/mol. The number of rotatable bonds is 26. The van der Waals surface area contributed by atoms with Crippen molar-refractivity contribution in [2.75, 3.05) is 24.6 Å². The molecule has 0 aromatic heterocycles. The summed E-state index contributed by atoms with van der Waals surface area (Å²) in [6, 6.07) is 0. The normalized spacial score (nSPS) is 58.6. The molecule has 10 aliphatic rings. The molecule has 10 heterocycles. The van der Waals surface area contributed by atoms with Crippen LogP contribution in [-0.2, 0) is 6.65 Å². The molecule has 4 unspecified atom stereocenters. The summed E-state index contributed by atoms with van der Waals surface area (Å²) in [5.74, 6) is 0. The average Bonchev–Trinajstić information content (AvgIpc) is 3.93. The van der Waals surface area contributed by atoms with Gasteiger partial charge in [-0.05, 0) is 0 Å². The zero-order chi connectivity index (χ0) is 28.1. The molecule has 10 rings (SSSR count). The van der Waals surface area contributed by atoms with Crippen LogP contribution >= 0.6 is 15.8 Å². The summed E-state index contributed by atoms with van der Waals surface area (Å²) in [4.78, 5) is 0. The van der Waals surface area contributed by atoms with Crippen molar-refractivity contribution < 1.29 is 6.65 Å². The second-order valence-corrected chi connectivity index (χ2v) is 53.6. The SMILES string of the molecule is CCCCCCCP(CCCCCCC)[C]12[CH]3[CH]4[CH]5[C]1(P(CCCCCCC)CCCCCCC)[Cr]43521678[CH]2[CH]1[CH]6[CH]7[CH]28. The molecule has 10 fully saturated rings. The molecule has 0 aromatic rings. The first-order valence-corrected chi connectivity index (χ1v) is 30.6. The summed E-state index contributed by atoms with van der Waals surface area (Å²) in [5, 5.41) is 0. The second-order valence-electron chi connectivity index (χ2n) is 20.5. The predicted octanol–water partition coefficient (Wildman–Crippen LogP) is 14.0. The van der Waals surface area contributed by atoms with E-state index in [1.54, 1.807) is 140 Å². The number of hydrogen-bond donors (Lipinski definition) is 0. The van der Waals surface area contributed by atoms with Gasteiger partial charge in [0.05, 0.1) is 0 Å². The molecule has 0 nitrogen and oxygen atoms in total. The van der Waals surface area contributed by atoms with Crippen molar-refractivity contribution in [3.05, 3.63) is 0 Å². The van der Waals surface area contributed by atoms with Crippen LogP contribution in [-0.4, -0.2) is 32.7 Å². The van der Waals surface area contributed by atoms with Crippen molar-refractivity contribution in [2.45, 2.75) is 202 Å². The van der Waals surface area contributed by atoms with Gasteiger partial charge in [0.15, 0.2) is 0 Å². The van der Waals surface area contributed by atoms with E-state index >= 15 is 0 Å². The first kappa shape index (κ1) is 27.5. The van der Waals surface area contributed by atoms with Crippen molar-refractivity contribution in [1.29, 1.82) is 0 Å². The quantitative estimate of drug-likeness (QED) is 0.0653. The van der Waals surface area contributed by atoms with Crippen LogP contribution in [0.3, 0.4) is 0 Å². The summed E-state index contributed by atoms with van der Waals surface area (Å²) in [6.45, 7) is 6.08. The average molecular weight is 639 g/mol. The van der Waals surface area contributed by atoms with E-state index in [0.717, 1.165) is 0 Å². The molecule has 0 bridgehead atoms.